The van der Waals surface area contributed by atoms with Crippen LogP contribution in [-0.2, 0) is 11.2 Å². The number of aryl methyl sites for hydroxylation is 2. The molecule has 19 heavy (non-hydrogen) atoms. The van der Waals surface area contributed by atoms with Crippen LogP contribution in [0.5, 0.6) is 0 Å². The van der Waals surface area contributed by atoms with Gasteiger partial charge >= 0.3 is 0 Å². The van der Waals surface area contributed by atoms with Crippen molar-refractivity contribution < 1.29 is 4.79 Å². The van der Waals surface area contributed by atoms with Crippen molar-refractivity contribution in [1.82, 2.24) is 0 Å². The SMILES string of the molecule is Cc1cccc(SCC(=O)CCc2ccccc2)c1. The van der Waals surface area contributed by atoms with Gasteiger partial charge < -0.3 is 0 Å². The number of Topliss-reactive ketones (excluding diaryl/α,β-unsaturated/α-hetero) is 1. The molecule has 0 spiro atoms. The van der Waals surface area contributed by atoms with Gasteiger partial charge in [0.1, 0.15) is 5.78 Å². The van der Waals surface area contributed by atoms with Gasteiger partial charge in [-0.25, -0.2) is 0 Å². The Balaban J connectivity index is 1.76. The van der Waals surface area contributed by atoms with E-state index < -0.39 is 0 Å². The zero-order valence-electron chi connectivity index (χ0n) is 11.1. The quantitative estimate of drug-likeness (QED) is 0.728. The van der Waals surface area contributed by atoms with Crippen LogP contribution in [0, 0.1) is 6.92 Å². The fourth-order valence-electron chi connectivity index (χ4n) is 1.87. The highest BCUT2D eigenvalue weighted by atomic mass is 32.2. The molecule has 0 saturated heterocycles. The van der Waals surface area contributed by atoms with Crippen molar-refractivity contribution in [3.05, 3.63) is 65.7 Å². The van der Waals surface area contributed by atoms with Crippen molar-refractivity contribution in [2.75, 3.05) is 5.75 Å². The molecule has 1 nitrogen and oxygen atoms in total. The lowest BCUT2D eigenvalue weighted by Gasteiger charge is -2.03. The van der Waals surface area contributed by atoms with E-state index in [0.29, 0.717) is 18.0 Å². The minimum absolute atomic E-state index is 0.315. The van der Waals surface area contributed by atoms with Crippen molar-refractivity contribution in [3.8, 4) is 0 Å². The number of hydrogen-bond donors (Lipinski definition) is 0. The molecular formula is C17H18OS. The first-order valence-corrected chi connectivity index (χ1v) is 7.48. The highest BCUT2D eigenvalue weighted by Crippen LogP contribution is 2.19. The summed E-state index contributed by atoms with van der Waals surface area (Å²) in [4.78, 5) is 13.0. The standard InChI is InChI=1S/C17H18OS/c1-14-6-5-9-17(12-14)19-13-16(18)11-10-15-7-3-2-4-8-15/h2-9,12H,10-11,13H2,1H3. The van der Waals surface area contributed by atoms with E-state index in [1.165, 1.54) is 16.0 Å². The average molecular weight is 270 g/mol. The van der Waals surface area contributed by atoms with Crippen LogP contribution in [0.3, 0.4) is 0 Å². The Morgan fingerprint density at radius 3 is 2.58 bits per heavy atom. The maximum atomic E-state index is 11.9. The molecule has 0 N–H and O–H groups in total. The van der Waals surface area contributed by atoms with E-state index in [4.69, 9.17) is 0 Å². The molecule has 0 atom stereocenters. The summed E-state index contributed by atoms with van der Waals surface area (Å²) in [6.45, 7) is 2.07. The van der Waals surface area contributed by atoms with Gasteiger partial charge in [-0.2, -0.15) is 0 Å². The molecule has 2 aromatic rings. The summed E-state index contributed by atoms with van der Waals surface area (Å²) in [7, 11) is 0. The van der Waals surface area contributed by atoms with Crippen molar-refractivity contribution >= 4 is 17.5 Å². The Morgan fingerprint density at radius 1 is 1.05 bits per heavy atom. The van der Waals surface area contributed by atoms with Crippen molar-refractivity contribution in [3.63, 3.8) is 0 Å². The van der Waals surface area contributed by atoms with Crippen LogP contribution in [0.1, 0.15) is 17.5 Å². The minimum atomic E-state index is 0.315. The molecule has 2 heteroatoms. The van der Waals surface area contributed by atoms with E-state index in [1.54, 1.807) is 11.8 Å². The first-order valence-electron chi connectivity index (χ1n) is 6.49. The molecule has 98 valence electrons. The molecule has 2 rings (SSSR count). The highest BCUT2D eigenvalue weighted by Gasteiger charge is 2.04. The fraction of sp³-hybridized carbons (Fsp3) is 0.235. The van der Waals surface area contributed by atoms with Crippen molar-refractivity contribution in [2.45, 2.75) is 24.7 Å². The molecule has 0 saturated carbocycles. The summed E-state index contributed by atoms with van der Waals surface area (Å²) in [5.74, 6) is 0.881. The summed E-state index contributed by atoms with van der Waals surface area (Å²) in [5, 5.41) is 0. The van der Waals surface area contributed by atoms with Gasteiger partial charge in [0, 0.05) is 11.3 Å². The molecular weight excluding hydrogens is 252 g/mol. The predicted octanol–water partition coefficient (Wildman–Crippen LogP) is 4.29. The Morgan fingerprint density at radius 2 is 1.84 bits per heavy atom. The van der Waals surface area contributed by atoms with Crippen LogP contribution < -0.4 is 0 Å². The fourth-order valence-corrected chi connectivity index (χ4v) is 2.79. The van der Waals surface area contributed by atoms with Crippen LogP contribution >= 0.6 is 11.8 Å². The molecule has 0 aliphatic heterocycles. The second kappa shape index (κ2) is 7.15. The minimum Gasteiger partial charge on any atom is -0.299 e. The van der Waals surface area contributed by atoms with Gasteiger partial charge in [-0.05, 0) is 31.0 Å². The van der Waals surface area contributed by atoms with Gasteiger partial charge in [0.25, 0.3) is 0 Å². The molecule has 0 bridgehead atoms. The van der Waals surface area contributed by atoms with E-state index in [0.717, 1.165) is 6.42 Å². The Kier molecular flexibility index (Phi) is 5.22. The van der Waals surface area contributed by atoms with Crippen LogP contribution in [0.4, 0.5) is 0 Å². The smallest absolute Gasteiger partial charge is 0.143 e. The lowest BCUT2D eigenvalue weighted by atomic mass is 10.1. The van der Waals surface area contributed by atoms with Gasteiger partial charge in [-0.3, -0.25) is 4.79 Å². The Bertz CT molecular complexity index is 534. The normalized spacial score (nSPS) is 10.4. The third-order valence-electron chi connectivity index (χ3n) is 2.92. The van der Waals surface area contributed by atoms with Gasteiger partial charge in [0.2, 0.25) is 0 Å². The number of ketones is 1. The van der Waals surface area contributed by atoms with Gasteiger partial charge in [0.15, 0.2) is 0 Å². The second-order valence-corrected chi connectivity index (χ2v) is 5.68. The molecule has 2 aromatic carbocycles. The summed E-state index contributed by atoms with van der Waals surface area (Å²) >= 11 is 1.63. The van der Waals surface area contributed by atoms with Gasteiger partial charge in [-0.15, -0.1) is 11.8 Å². The predicted molar refractivity (Wildman–Crippen MR) is 81.7 cm³/mol. The third-order valence-corrected chi connectivity index (χ3v) is 3.98. The van der Waals surface area contributed by atoms with Gasteiger partial charge in [-0.1, -0.05) is 48.0 Å². The average Bonchev–Trinajstić information content (AvgIpc) is 2.44. The monoisotopic (exact) mass is 270 g/mol. The van der Waals surface area contributed by atoms with E-state index in [2.05, 4.69) is 37.3 Å². The first-order chi connectivity index (χ1) is 9.24. The second-order valence-electron chi connectivity index (χ2n) is 4.63. The zero-order valence-corrected chi connectivity index (χ0v) is 12.0. The van der Waals surface area contributed by atoms with Crippen LogP contribution in [0.2, 0.25) is 0 Å². The first kappa shape index (κ1) is 13.9. The van der Waals surface area contributed by atoms with Gasteiger partial charge in [0.05, 0.1) is 5.75 Å². The van der Waals surface area contributed by atoms with Crippen LogP contribution in [0.25, 0.3) is 0 Å². The number of carbonyl (C=O) groups is 1. The summed E-state index contributed by atoms with van der Waals surface area (Å²) in [6, 6.07) is 18.5. The largest absolute Gasteiger partial charge is 0.299 e. The maximum Gasteiger partial charge on any atom is 0.143 e. The Hall–Kier alpha value is -1.54. The third kappa shape index (κ3) is 4.92. The molecule has 0 radical (unpaired) electrons. The number of hydrogen-bond acceptors (Lipinski definition) is 2. The van der Waals surface area contributed by atoms with Crippen molar-refractivity contribution in [2.24, 2.45) is 0 Å². The van der Waals surface area contributed by atoms with E-state index >= 15 is 0 Å². The van der Waals surface area contributed by atoms with E-state index in [9.17, 15) is 4.79 Å². The summed E-state index contributed by atoms with van der Waals surface area (Å²) in [5.41, 5.74) is 2.47. The molecule has 0 unspecified atom stereocenters. The molecule has 0 aliphatic rings. The summed E-state index contributed by atoms with van der Waals surface area (Å²) < 4.78 is 0. The number of carbonyl (C=O) groups excluding carboxylic acids is 1. The maximum absolute atomic E-state index is 11.9. The van der Waals surface area contributed by atoms with Crippen LogP contribution in [-0.4, -0.2) is 11.5 Å². The van der Waals surface area contributed by atoms with Crippen molar-refractivity contribution in [1.29, 1.82) is 0 Å². The molecule has 0 amide bonds. The lowest BCUT2D eigenvalue weighted by molar-refractivity contribution is -0.116. The summed E-state index contributed by atoms with van der Waals surface area (Å²) in [6.07, 6.45) is 1.47. The topological polar surface area (TPSA) is 17.1 Å². The molecule has 0 aliphatic carbocycles. The number of thioether (sulfide) groups is 1. The lowest BCUT2D eigenvalue weighted by Crippen LogP contribution is -2.03. The molecule has 0 aromatic heterocycles. The molecule has 0 fully saturated rings. The van der Waals surface area contributed by atoms with E-state index in [1.807, 2.05) is 24.3 Å². The Labute approximate surface area is 119 Å². The van der Waals surface area contributed by atoms with Crippen LogP contribution in [0.15, 0.2) is 59.5 Å². The zero-order chi connectivity index (χ0) is 13.5. The van der Waals surface area contributed by atoms with E-state index in [-0.39, 0.29) is 0 Å². The highest BCUT2D eigenvalue weighted by molar-refractivity contribution is 8.00. The number of benzene rings is 2. The number of rotatable bonds is 6. The molecule has 0 heterocycles.